The van der Waals surface area contributed by atoms with Gasteiger partial charge in [-0.1, -0.05) is 56.2 Å². The first-order chi connectivity index (χ1) is 14.0. The Bertz CT molecular complexity index is 1100. The lowest BCUT2D eigenvalue weighted by Gasteiger charge is -2.13. The van der Waals surface area contributed by atoms with Gasteiger partial charge < -0.3 is 10.4 Å². The van der Waals surface area contributed by atoms with E-state index in [-0.39, 0.29) is 17.7 Å². The number of unbranched alkanes of at least 4 members (excludes halogenated alkanes) is 2. The van der Waals surface area contributed by atoms with E-state index in [1.54, 1.807) is 48.5 Å². The molecule has 0 atom stereocenters. The van der Waals surface area contributed by atoms with Crippen molar-refractivity contribution < 1.29 is 14.7 Å². The van der Waals surface area contributed by atoms with Crippen molar-refractivity contribution in [3.63, 3.8) is 0 Å². The summed E-state index contributed by atoms with van der Waals surface area (Å²) in [7, 11) is 0. The third-order valence-electron chi connectivity index (χ3n) is 4.66. The first-order valence-corrected chi connectivity index (χ1v) is 9.62. The van der Waals surface area contributed by atoms with Gasteiger partial charge in [-0.15, -0.1) is 0 Å². The van der Waals surface area contributed by atoms with E-state index in [4.69, 9.17) is 5.11 Å². The smallest absolute Gasteiger partial charge is 0.307 e. The largest absolute Gasteiger partial charge is 0.481 e. The van der Waals surface area contributed by atoms with Crippen molar-refractivity contribution in [2.24, 2.45) is 0 Å². The van der Waals surface area contributed by atoms with E-state index < -0.39 is 11.9 Å². The minimum absolute atomic E-state index is 0.141. The number of fused-ring (bicyclic) bond motifs is 1. The molecule has 3 rings (SSSR count). The van der Waals surface area contributed by atoms with Crippen LogP contribution in [0, 0.1) is 0 Å². The van der Waals surface area contributed by atoms with Crippen LogP contribution >= 0.6 is 0 Å². The number of carboxylic acid groups (broad SMARTS) is 1. The molecule has 2 N–H and O–H groups in total. The summed E-state index contributed by atoms with van der Waals surface area (Å²) in [6.45, 7) is 2.51. The lowest BCUT2D eigenvalue weighted by Crippen LogP contribution is -2.28. The van der Waals surface area contributed by atoms with E-state index in [0.29, 0.717) is 28.6 Å². The van der Waals surface area contributed by atoms with E-state index in [1.165, 1.54) is 4.68 Å². The summed E-state index contributed by atoms with van der Waals surface area (Å²) in [5, 5.41) is 17.1. The maximum atomic E-state index is 13.0. The standard InChI is InChI=1S/C22H23N3O4/c1-2-3-8-13-25-22(29)17-11-6-5-10-16(17)20(24-25)21(28)23-18-12-7-4-9-15(18)14-19(26)27/h4-7,9-12H,2-3,8,13-14H2,1H3,(H,23,28)(H,26,27). The molecule has 7 nitrogen and oxygen atoms in total. The quantitative estimate of drug-likeness (QED) is 0.571. The predicted octanol–water partition coefficient (Wildman–Crippen LogP) is 3.47. The summed E-state index contributed by atoms with van der Waals surface area (Å²) in [6.07, 6.45) is 2.56. The summed E-state index contributed by atoms with van der Waals surface area (Å²) in [5.41, 5.74) is 0.824. The summed E-state index contributed by atoms with van der Waals surface area (Å²) in [4.78, 5) is 36.9. The van der Waals surface area contributed by atoms with Crippen LogP contribution in [0.3, 0.4) is 0 Å². The summed E-state index contributed by atoms with van der Waals surface area (Å²) in [6, 6.07) is 13.6. The van der Waals surface area contributed by atoms with Crippen LogP contribution in [0.2, 0.25) is 0 Å². The molecule has 0 fully saturated rings. The fourth-order valence-electron chi connectivity index (χ4n) is 3.21. The maximum absolute atomic E-state index is 13.0. The number of carbonyl (C=O) groups excluding carboxylic acids is 1. The molecule has 1 amide bonds. The zero-order chi connectivity index (χ0) is 20.8. The molecule has 1 heterocycles. The number of hydrogen-bond donors (Lipinski definition) is 2. The van der Waals surface area contributed by atoms with Gasteiger partial charge in [0.25, 0.3) is 11.5 Å². The van der Waals surface area contributed by atoms with Crippen LogP contribution in [0.4, 0.5) is 5.69 Å². The number of aryl methyl sites for hydroxylation is 1. The third kappa shape index (κ3) is 4.68. The van der Waals surface area contributed by atoms with Crippen LogP contribution in [0.1, 0.15) is 42.2 Å². The number of carboxylic acids is 1. The van der Waals surface area contributed by atoms with Crippen LogP contribution in [0.5, 0.6) is 0 Å². The molecule has 7 heteroatoms. The Kier molecular flexibility index (Phi) is 6.39. The number of benzene rings is 2. The first-order valence-electron chi connectivity index (χ1n) is 9.62. The molecule has 0 aliphatic rings. The Balaban J connectivity index is 2.00. The van der Waals surface area contributed by atoms with Gasteiger partial charge in [-0.05, 0) is 24.1 Å². The van der Waals surface area contributed by atoms with E-state index in [0.717, 1.165) is 19.3 Å². The molecule has 0 saturated carbocycles. The van der Waals surface area contributed by atoms with Crippen molar-refractivity contribution in [3.8, 4) is 0 Å². The van der Waals surface area contributed by atoms with Crippen LogP contribution < -0.4 is 10.9 Å². The van der Waals surface area contributed by atoms with Gasteiger partial charge in [-0.3, -0.25) is 14.4 Å². The van der Waals surface area contributed by atoms with Crippen LogP contribution in [0.15, 0.2) is 53.3 Å². The Morgan fingerprint density at radius 2 is 1.72 bits per heavy atom. The lowest BCUT2D eigenvalue weighted by atomic mass is 10.1. The summed E-state index contributed by atoms with van der Waals surface area (Å²) < 4.78 is 1.34. The SMILES string of the molecule is CCCCCn1nc(C(=O)Nc2ccccc2CC(=O)O)c2ccccc2c1=O. The minimum atomic E-state index is -0.986. The van der Waals surface area contributed by atoms with Crippen molar-refractivity contribution >= 4 is 28.3 Å². The number of amides is 1. The molecule has 0 radical (unpaired) electrons. The average Bonchev–Trinajstić information content (AvgIpc) is 2.71. The number of hydrogen-bond acceptors (Lipinski definition) is 4. The number of carbonyl (C=O) groups is 2. The van der Waals surface area contributed by atoms with Crippen molar-refractivity contribution in [1.29, 1.82) is 0 Å². The van der Waals surface area contributed by atoms with Gasteiger partial charge in [0.15, 0.2) is 5.69 Å². The van der Waals surface area contributed by atoms with E-state index in [9.17, 15) is 14.4 Å². The molecule has 150 valence electrons. The van der Waals surface area contributed by atoms with Gasteiger partial charge in [0.1, 0.15) is 0 Å². The van der Waals surface area contributed by atoms with Gasteiger partial charge in [0.05, 0.1) is 11.8 Å². The highest BCUT2D eigenvalue weighted by Crippen LogP contribution is 2.19. The molecule has 1 aromatic heterocycles. The van der Waals surface area contributed by atoms with Gasteiger partial charge >= 0.3 is 5.97 Å². The second-order valence-electron chi connectivity index (χ2n) is 6.81. The molecule has 3 aromatic rings. The van der Waals surface area contributed by atoms with Gasteiger partial charge in [-0.25, -0.2) is 4.68 Å². The molecule has 0 aliphatic carbocycles. The molecule has 0 saturated heterocycles. The second kappa shape index (κ2) is 9.14. The first kappa shape index (κ1) is 20.3. The molecule has 0 spiro atoms. The highest BCUT2D eigenvalue weighted by molar-refractivity contribution is 6.11. The molecule has 0 bridgehead atoms. The molecule has 29 heavy (non-hydrogen) atoms. The molecule has 0 aliphatic heterocycles. The summed E-state index contributed by atoms with van der Waals surface area (Å²) in [5.74, 6) is -1.47. The Hall–Kier alpha value is -3.48. The minimum Gasteiger partial charge on any atom is -0.481 e. The number of aliphatic carboxylic acids is 1. The highest BCUT2D eigenvalue weighted by atomic mass is 16.4. The van der Waals surface area contributed by atoms with Crippen molar-refractivity contribution in [1.82, 2.24) is 9.78 Å². The van der Waals surface area contributed by atoms with Gasteiger partial charge in [0.2, 0.25) is 0 Å². The van der Waals surface area contributed by atoms with Crippen LogP contribution in [-0.4, -0.2) is 26.8 Å². The maximum Gasteiger partial charge on any atom is 0.307 e. The molecular weight excluding hydrogens is 370 g/mol. The van der Waals surface area contributed by atoms with Crippen LogP contribution in [-0.2, 0) is 17.8 Å². The average molecular weight is 393 g/mol. The zero-order valence-electron chi connectivity index (χ0n) is 16.2. The molecular formula is C22H23N3O4. The number of aromatic nitrogens is 2. The van der Waals surface area contributed by atoms with Crippen molar-refractivity contribution in [3.05, 3.63) is 70.1 Å². The van der Waals surface area contributed by atoms with Crippen molar-refractivity contribution in [2.75, 3.05) is 5.32 Å². The second-order valence-corrected chi connectivity index (χ2v) is 6.81. The zero-order valence-corrected chi connectivity index (χ0v) is 16.2. The van der Waals surface area contributed by atoms with E-state index >= 15 is 0 Å². The highest BCUT2D eigenvalue weighted by Gasteiger charge is 2.18. The lowest BCUT2D eigenvalue weighted by molar-refractivity contribution is -0.136. The Morgan fingerprint density at radius 1 is 1.03 bits per heavy atom. The number of anilines is 1. The van der Waals surface area contributed by atoms with Crippen molar-refractivity contribution in [2.45, 2.75) is 39.2 Å². The number of nitrogens with zero attached hydrogens (tertiary/aromatic N) is 2. The number of rotatable bonds is 8. The molecule has 2 aromatic carbocycles. The predicted molar refractivity (Wildman–Crippen MR) is 111 cm³/mol. The van der Waals surface area contributed by atoms with Gasteiger partial charge in [0, 0.05) is 17.6 Å². The Labute approximate surface area is 168 Å². The van der Waals surface area contributed by atoms with Gasteiger partial charge in [-0.2, -0.15) is 5.10 Å². The monoisotopic (exact) mass is 393 g/mol. The summed E-state index contributed by atoms with van der Waals surface area (Å²) >= 11 is 0. The fraction of sp³-hybridized carbons (Fsp3) is 0.273. The van der Waals surface area contributed by atoms with E-state index in [2.05, 4.69) is 17.3 Å². The number of nitrogens with one attached hydrogen (secondary N) is 1. The number of para-hydroxylation sites is 1. The third-order valence-corrected chi connectivity index (χ3v) is 4.66. The fourth-order valence-corrected chi connectivity index (χ4v) is 3.21. The van der Waals surface area contributed by atoms with E-state index in [1.807, 2.05) is 0 Å². The topological polar surface area (TPSA) is 101 Å². The van der Waals surface area contributed by atoms with Crippen LogP contribution in [0.25, 0.3) is 10.8 Å². The normalized spacial score (nSPS) is 10.8. The molecule has 0 unspecified atom stereocenters. The Morgan fingerprint density at radius 3 is 2.45 bits per heavy atom.